The average molecular weight is 370 g/mol. The zero-order valence-corrected chi connectivity index (χ0v) is 16.5. The average Bonchev–Trinajstić information content (AvgIpc) is 2.99. The smallest absolute Gasteiger partial charge is 0.230 e. The third kappa shape index (κ3) is 6.51. The van der Waals surface area contributed by atoms with Gasteiger partial charge in [-0.15, -0.1) is 10.2 Å². The molecule has 0 atom stereocenters. The van der Waals surface area contributed by atoms with Gasteiger partial charge < -0.3 is 15.0 Å². The van der Waals surface area contributed by atoms with Crippen molar-refractivity contribution >= 4 is 23.6 Å². The Morgan fingerprint density at radius 3 is 2.72 bits per heavy atom. The van der Waals surface area contributed by atoms with Crippen molar-refractivity contribution < 1.29 is 9.53 Å². The number of carbonyl (C=O) groups excluding carboxylic acids is 1. The van der Waals surface area contributed by atoms with Crippen LogP contribution in [0.25, 0.3) is 0 Å². The molecular formula is C17H31N5O2S. The van der Waals surface area contributed by atoms with Crippen molar-refractivity contribution in [2.45, 2.75) is 51.7 Å². The number of nitrogens with one attached hydrogen (secondary N) is 1. The molecule has 2 rings (SSSR count). The Bertz CT molecular complexity index is 529. The lowest BCUT2D eigenvalue weighted by Crippen LogP contribution is -2.38. The number of nitrogens with zero attached hydrogens (tertiary/aromatic N) is 4. The van der Waals surface area contributed by atoms with Crippen LogP contribution in [0.2, 0.25) is 0 Å². The monoisotopic (exact) mass is 369 g/mol. The van der Waals surface area contributed by atoms with Crippen LogP contribution in [0.3, 0.4) is 0 Å². The minimum absolute atomic E-state index is 0.0631. The Labute approximate surface area is 154 Å². The van der Waals surface area contributed by atoms with Gasteiger partial charge in [-0.25, -0.2) is 0 Å². The molecule has 1 aromatic heterocycles. The van der Waals surface area contributed by atoms with Gasteiger partial charge in [-0.3, -0.25) is 9.36 Å². The summed E-state index contributed by atoms with van der Waals surface area (Å²) in [5.41, 5.74) is 0. The Morgan fingerprint density at radius 1 is 1.28 bits per heavy atom. The number of hydrogen-bond acceptors (Lipinski definition) is 6. The second-order valence-electron chi connectivity index (χ2n) is 6.73. The van der Waals surface area contributed by atoms with Gasteiger partial charge in [0.25, 0.3) is 0 Å². The van der Waals surface area contributed by atoms with E-state index in [4.69, 9.17) is 4.74 Å². The highest BCUT2D eigenvalue weighted by Crippen LogP contribution is 2.24. The third-order valence-electron chi connectivity index (χ3n) is 3.97. The zero-order valence-electron chi connectivity index (χ0n) is 15.7. The van der Waals surface area contributed by atoms with E-state index in [1.54, 1.807) is 0 Å². The zero-order chi connectivity index (χ0) is 18.1. The number of unbranched alkanes of at least 4 members (excludes halogenated alkanes) is 2. The first-order valence-corrected chi connectivity index (χ1v) is 10.3. The Balaban J connectivity index is 1.94. The maximum absolute atomic E-state index is 12.0. The van der Waals surface area contributed by atoms with Gasteiger partial charge in [-0.1, -0.05) is 45.4 Å². The number of thioether (sulfide) groups is 1. The fourth-order valence-corrected chi connectivity index (χ4v) is 3.47. The van der Waals surface area contributed by atoms with Crippen LogP contribution >= 0.6 is 11.8 Å². The van der Waals surface area contributed by atoms with Gasteiger partial charge in [0.05, 0.1) is 19.0 Å². The lowest BCUT2D eigenvalue weighted by molar-refractivity contribution is -0.118. The van der Waals surface area contributed by atoms with Crippen LogP contribution in [0.15, 0.2) is 5.16 Å². The third-order valence-corrected chi connectivity index (χ3v) is 4.94. The summed E-state index contributed by atoms with van der Waals surface area (Å²) >= 11 is 1.47. The van der Waals surface area contributed by atoms with Crippen molar-refractivity contribution in [1.82, 2.24) is 20.1 Å². The standard InChI is InChI=1S/C17H31N5O2S/c1-4-5-6-7-18-15(23)13-25-17-20-19-16(22(17)12-14(2)3)21-8-10-24-11-9-21/h14H,4-13H2,1-3H3,(H,18,23). The van der Waals surface area contributed by atoms with Crippen molar-refractivity contribution in [2.24, 2.45) is 5.92 Å². The normalized spacial score (nSPS) is 15.0. The number of amides is 1. The van der Waals surface area contributed by atoms with Gasteiger partial charge in [0.1, 0.15) is 0 Å². The van der Waals surface area contributed by atoms with Crippen LogP contribution in [0.5, 0.6) is 0 Å². The molecule has 1 fully saturated rings. The molecule has 1 amide bonds. The summed E-state index contributed by atoms with van der Waals surface area (Å²) in [4.78, 5) is 14.2. The first-order valence-electron chi connectivity index (χ1n) is 9.27. The van der Waals surface area contributed by atoms with Crippen LogP contribution in [0.4, 0.5) is 5.95 Å². The Morgan fingerprint density at radius 2 is 2.04 bits per heavy atom. The number of rotatable bonds is 10. The lowest BCUT2D eigenvalue weighted by Gasteiger charge is -2.28. The van der Waals surface area contributed by atoms with Gasteiger partial charge in [0, 0.05) is 26.2 Å². The summed E-state index contributed by atoms with van der Waals surface area (Å²) in [7, 11) is 0. The van der Waals surface area contributed by atoms with E-state index in [9.17, 15) is 4.79 Å². The highest BCUT2D eigenvalue weighted by molar-refractivity contribution is 7.99. The molecule has 1 N–H and O–H groups in total. The maximum Gasteiger partial charge on any atom is 0.230 e. The van der Waals surface area contributed by atoms with Gasteiger partial charge in [0.2, 0.25) is 11.9 Å². The minimum Gasteiger partial charge on any atom is -0.378 e. The number of aromatic nitrogens is 3. The minimum atomic E-state index is 0.0631. The SMILES string of the molecule is CCCCCNC(=O)CSc1nnc(N2CCOCC2)n1CC(C)C. The highest BCUT2D eigenvalue weighted by atomic mass is 32.2. The second-order valence-corrected chi connectivity index (χ2v) is 7.67. The largest absolute Gasteiger partial charge is 0.378 e. The van der Waals surface area contributed by atoms with E-state index in [1.807, 2.05) is 0 Å². The van der Waals surface area contributed by atoms with Crippen molar-refractivity contribution in [3.63, 3.8) is 0 Å². The van der Waals surface area contributed by atoms with Crippen LogP contribution in [0, 0.1) is 5.92 Å². The number of morpholine rings is 1. The topological polar surface area (TPSA) is 72.3 Å². The number of hydrogen-bond donors (Lipinski definition) is 1. The molecule has 1 aliphatic rings. The van der Waals surface area contributed by atoms with E-state index in [0.717, 1.165) is 69.8 Å². The molecule has 0 spiro atoms. The fraction of sp³-hybridized carbons (Fsp3) is 0.824. The van der Waals surface area contributed by atoms with Crippen LogP contribution < -0.4 is 10.2 Å². The van der Waals surface area contributed by atoms with E-state index in [-0.39, 0.29) is 5.91 Å². The first-order chi connectivity index (χ1) is 12.1. The molecule has 0 aliphatic carbocycles. The predicted molar refractivity (Wildman–Crippen MR) is 101 cm³/mol. The van der Waals surface area contributed by atoms with Crippen molar-refractivity contribution in [3.8, 4) is 0 Å². The predicted octanol–water partition coefficient (Wildman–Crippen LogP) is 2.17. The summed E-state index contributed by atoms with van der Waals surface area (Å²) in [5, 5.41) is 12.5. The molecule has 1 aliphatic heterocycles. The molecule has 1 saturated heterocycles. The molecule has 8 heteroatoms. The summed E-state index contributed by atoms with van der Waals surface area (Å²) < 4.78 is 7.57. The highest BCUT2D eigenvalue weighted by Gasteiger charge is 2.21. The quantitative estimate of drug-likeness (QED) is 0.503. The van der Waals surface area contributed by atoms with Crippen molar-refractivity contribution in [2.75, 3.05) is 43.5 Å². The molecule has 7 nitrogen and oxygen atoms in total. The van der Waals surface area contributed by atoms with Crippen molar-refractivity contribution in [1.29, 1.82) is 0 Å². The molecular weight excluding hydrogens is 338 g/mol. The molecule has 0 aromatic carbocycles. The van der Waals surface area contributed by atoms with Crippen molar-refractivity contribution in [3.05, 3.63) is 0 Å². The summed E-state index contributed by atoms with van der Waals surface area (Å²) in [6, 6.07) is 0. The van der Waals surface area contributed by atoms with E-state index in [2.05, 4.69) is 45.8 Å². The van der Waals surface area contributed by atoms with Gasteiger partial charge >= 0.3 is 0 Å². The second kappa shape index (κ2) is 10.7. The molecule has 0 radical (unpaired) electrons. The maximum atomic E-state index is 12.0. The Kier molecular flexibility index (Phi) is 8.54. The van der Waals surface area contributed by atoms with E-state index >= 15 is 0 Å². The molecule has 0 bridgehead atoms. The van der Waals surface area contributed by atoms with E-state index in [0.29, 0.717) is 11.7 Å². The molecule has 0 saturated carbocycles. The molecule has 0 unspecified atom stereocenters. The molecule has 2 heterocycles. The van der Waals surface area contributed by atoms with Gasteiger partial charge in [-0.2, -0.15) is 0 Å². The molecule has 142 valence electrons. The number of ether oxygens (including phenoxy) is 1. The van der Waals surface area contributed by atoms with E-state index in [1.165, 1.54) is 11.8 Å². The van der Waals surface area contributed by atoms with E-state index < -0.39 is 0 Å². The Hall–Kier alpha value is -1.28. The summed E-state index contributed by atoms with van der Waals surface area (Å²) in [5.74, 6) is 1.82. The summed E-state index contributed by atoms with van der Waals surface area (Å²) in [6.45, 7) is 11.2. The number of anilines is 1. The van der Waals surface area contributed by atoms with Gasteiger partial charge in [-0.05, 0) is 12.3 Å². The van der Waals surface area contributed by atoms with Crippen LogP contribution in [-0.4, -0.2) is 59.3 Å². The molecule has 1 aromatic rings. The summed E-state index contributed by atoms with van der Waals surface area (Å²) in [6.07, 6.45) is 3.35. The lowest BCUT2D eigenvalue weighted by atomic mass is 10.2. The van der Waals surface area contributed by atoms with Crippen LogP contribution in [-0.2, 0) is 16.1 Å². The first kappa shape index (κ1) is 20.0. The molecule has 25 heavy (non-hydrogen) atoms. The van der Waals surface area contributed by atoms with Crippen LogP contribution in [0.1, 0.15) is 40.0 Å². The fourth-order valence-electron chi connectivity index (χ4n) is 2.69. The van der Waals surface area contributed by atoms with Gasteiger partial charge in [0.15, 0.2) is 5.16 Å². The number of carbonyl (C=O) groups is 1.